The van der Waals surface area contributed by atoms with Crippen LogP contribution in [0.2, 0.25) is 0 Å². The molecule has 1 fully saturated rings. The molecule has 1 aromatic carbocycles. The van der Waals surface area contributed by atoms with Gasteiger partial charge in [0.25, 0.3) is 5.91 Å². The molecule has 0 atom stereocenters. The Morgan fingerprint density at radius 3 is 1.95 bits per heavy atom. The molecule has 1 aliphatic carbocycles. The number of alkyl halides is 6. The van der Waals surface area contributed by atoms with Gasteiger partial charge in [-0.05, 0) is 42.4 Å². The van der Waals surface area contributed by atoms with Gasteiger partial charge in [-0.15, -0.1) is 0 Å². The van der Waals surface area contributed by atoms with Crippen LogP contribution in [0.5, 0.6) is 0 Å². The van der Waals surface area contributed by atoms with E-state index in [4.69, 9.17) is 24.8 Å². The Balaban J connectivity index is 0.000000367. The Bertz CT molecular complexity index is 1190. The lowest BCUT2D eigenvalue weighted by molar-refractivity contribution is -0.193. The number of pyridine rings is 1. The normalized spacial score (nSPS) is 15.0. The van der Waals surface area contributed by atoms with E-state index in [1.165, 1.54) is 24.0 Å². The van der Waals surface area contributed by atoms with Crippen LogP contribution >= 0.6 is 0 Å². The third-order valence-corrected chi connectivity index (χ3v) is 6.18. The minimum absolute atomic E-state index is 0.0268. The Morgan fingerprint density at radius 1 is 0.952 bits per heavy atom. The van der Waals surface area contributed by atoms with Gasteiger partial charge in [-0.2, -0.15) is 26.3 Å². The van der Waals surface area contributed by atoms with E-state index < -0.39 is 24.3 Å². The number of halogens is 6. The van der Waals surface area contributed by atoms with Gasteiger partial charge in [0.2, 0.25) is 0 Å². The van der Waals surface area contributed by atoms with Gasteiger partial charge in [-0.3, -0.25) is 9.69 Å². The number of hydrogen-bond donors (Lipinski definition) is 3. The number of amides is 1. The quantitative estimate of drug-likeness (QED) is 0.412. The van der Waals surface area contributed by atoms with Crippen LogP contribution < -0.4 is 5.32 Å². The zero-order valence-corrected chi connectivity index (χ0v) is 22.9. The molecule has 2 heterocycles. The number of fused-ring (bicyclic) bond motifs is 1. The number of carboxylic acids is 2. The molecule has 3 N–H and O–H groups in total. The van der Waals surface area contributed by atoms with Crippen molar-refractivity contribution in [3.63, 3.8) is 0 Å². The summed E-state index contributed by atoms with van der Waals surface area (Å²) in [5, 5.41) is 17.7. The Morgan fingerprint density at radius 2 is 1.48 bits per heavy atom. The molecule has 15 heteroatoms. The van der Waals surface area contributed by atoms with Gasteiger partial charge in [0.1, 0.15) is 5.82 Å². The van der Waals surface area contributed by atoms with Crippen LogP contribution in [0.1, 0.15) is 40.0 Å². The maximum Gasteiger partial charge on any atom is 0.490 e. The van der Waals surface area contributed by atoms with Crippen LogP contribution in [0.4, 0.5) is 32.2 Å². The van der Waals surface area contributed by atoms with Crippen molar-refractivity contribution in [1.82, 2.24) is 14.8 Å². The first-order valence-corrected chi connectivity index (χ1v) is 12.8. The third kappa shape index (κ3) is 11.5. The SMILES string of the molecule is CN(C)C(=O)c1cc2c(nc1NCC1CC1)CCN(Cc1ccccc1)CC2.O=C(O)C(F)(F)F.O=C(O)C(F)(F)F. The summed E-state index contributed by atoms with van der Waals surface area (Å²) in [7, 11) is 3.61. The summed E-state index contributed by atoms with van der Waals surface area (Å²) in [4.78, 5) is 39.6. The number of hydrogen-bond acceptors (Lipinski definition) is 6. The average molecular weight is 607 g/mol. The molecule has 0 bridgehead atoms. The maximum absolute atomic E-state index is 12.7. The smallest absolute Gasteiger partial charge is 0.475 e. The minimum Gasteiger partial charge on any atom is -0.475 e. The largest absolute Gasteiger partial charge is 0.490 e. The summed E-state index contributed by atoms with van der Waals surface area (Å²) in [5.74, 6) is -3.98. The third-order valence-electron chi connectivity index (χ3n) is 6.18. The van der Waals surface area contributed by atoms with E-state index in [2.05, 4.69) is 46.6 Å². The van der Waals surface area contributed by atoms with Crippen LogP contribution in [-0.2, 0) is 29.0 Å². The van der Waals surface area contributed by atoms with Gasteiger partial charge < -0.3 is 20.4 Å². The molecule has 1 aliphatic heterocycles. The summed E-state index contributed by atoms with van der Waals surface area (Å²) < 4.78 is 63.5. The molecular weight excluding hydrogens is 574 g/mol. The van der Waals surface area contributed by atoms with Crippen molar-refractivity contribution in [3.8, 4) is 0 Å². The van der Waals surface area contributed by atoms with Crippen molar-refractivity contribution < 1.29 is 50.9 Å². The number of rotatable bonds is 6. The van der Waals surface area contributed by atoms with E-state index >= 15 is 0 Å². The second kappa shape index (κ2) is 14.8. The zero-order valence-electron chi connectivity index (χ0n) is 22.9. The predicted molar refractivity (Wildman–Crippen MR) is 140 cm³/mol. The van der Waals surface area contributed by atoms with Gasteiger partial charge in [0.15, 0.2) is 0 Å². The fourth-order valence-electron chi connectivity index (χ4n) is 3.78. The molecule has 1 amide bonds. The van der Waals surface area contributed by atoms with Crippen molar-refractivity contribution in [2.24, 2.45) is 5.92 Å². The molecule has 0 radical (unpaired) electrons. The number of carbonyl (C=O) groups excluding carboxylic acids is 1. The lowest BCUT2D eigenvalue weighted by Gasteiger charge is -2.19. The van der Waals surface area contributed by atoms with Gasteiger partial charge in [-0.1, -0.05) is 30.3 Å². The predicted octanol–water partition coefficient (Wildman–Crippen LogP) is 4.47. The van der Waals surface area contributed by atoms with Crippen LogP contribution in [0.15, 0.2) is 36.4 Å². The van der Waals surface area contributed by atoms with Crippen LogP contribution in [0, 0.1) is 5.92 Å². The molecule has 4 rings (SSSR count). The first-order chi connectivity index (χ1) is 19.5. The van der Waals surface area contributed by atoms with Crippen molar-refractivity contribution in [2.75, 3.05) is 39.0 Å². The topological polar surface area (TPSA) is 123 Å². The van der Waals surface area contributed by atoms with Crippen molar-refractivity contribution in [1.29, 1.82) is 0 Å². The Labute approximate surface area is 238 Å². The van der Waals surface area contributed by atoms with E-state index in [1.54, 1.807) is 19.0 Å². The van der Waals surface area contributed by atoms with Crippen LogP contribution in [0.25, 0.3) is 0 Å². The van der Waals surface area contributed by atoms with E-state index in [-0.39, 0.29) is 5.91 Å². The highest BCUT2D eigenvalue weighted by atomic mass is 19.4. The standard InChI is InChI=1S/C23H30N4O.2C2HF3O2/c1-26(2)23(28)20-14-19-10-12-27(16-18-6-4-3-5-7-18)13-11-21(19)25-22(20)24-15-17-8-9-17;2*3-2(4,5)1(6)7/h3-7,14,17H,8-13,15-16H2,1-2H3,(H,24,25);2*(H,6,7). The number of aliphatic carboxylic acids is 2. The Kier molecular flexibility index (Phi) is 12.1. The molecule has 9 nitrogen and oxygen atoms in total. The summed E-state index contributed by atoms with van der Waals surface area (Å²) >= 11 is 0. The highest BCUT2D eigenvalue weighted by molar-refractivity contribution is 5.98. The number of nitrogens with one attached hydrogen (secondary N) is 1. The minimum atomic E-state index is -5.08. The number of nitrogens with zero attached hydrogens (tertiary/aromatic N) is 3. The Hall–Kier alpha value is -3.88. The monoisotopic (exact) mass is 606 g/mol. The summed E-state index contributed by atoms with van der Waals surface area (Å²) in [6, 6.07) is 12.7. The zero-order chi connectivity index (χ0) is 31.7. The lowest BCUT2D eigenvalue weighted by atomic mass is 10.0. The number of aromatic nitrogens is 1. The molecule has 0 saturated heterocycles. The van der Waals surface area contributed by atoms with E-state index in [1.807, 2.05) is 0 Å². The molecule has 0 spiro atoms. The summed E-state index contributed by atoms with van der Waals surface area (Å²) in [5.41, 5.74) is 4.42. The second-order valence-corrected chi connectivity index (χ2v) is 9.88. The molecular formula is C27H32F6N4O5. The lowest BCUT2D eigenvalue weighted by Crippen LogP contribution is -2.25. The highest BCUT2D eigenvalue weighted by Gasteiger charge is 2.39. The van der Waals surface area contributed by atoms with Crippen molar-refractivity contribution in [2.45, 2.75) is 44.6 Å². The van der Waals surface area contributed by atoms with Crippen LogP contribution in [-0.4, -0.2) is 88.9 Å². The average Bonchev–Trinajstić information content (AvgIpc) is 3.75. The van der Waals surface area contributed by atoms with Crippen molar-refractivity contribution in [3.05, 3.63) is 58.8 Å². The maximum atomic E-state index is 12.7. The fraction of sp³-hybridized carbons (Fsp3) is 0.481. The highest BCUT2D eigenvalue weighted by Crippen LogP contribution is 2.30. The number of benzene rings is 1. The first kappa shape index (κ1) is 34.3. The molecule has 0 unspecified atom stereocenters. The fourth-order valence-corrected chi connectivity index (χ4v) is 3.78. The van der Waals surface area contributed by atoms with E-state index in [0.717, 1.165) is 56.5 Å². The molecule has 2 aliphatic rings. The number of carbonyl (C=O) groups is 3. The molecule has 2 aromatic rings. The summed E-state index contributed by atoms with van der Waals surface area (Å²) in [6.45, 7) is 3.87. The van der Waals surface area contributed by atoms with Gasteiger partial charge in [0, 0.05) is 52.4 Å². The van der Waals surface area contributed by atoms with E-state index in [9.17, 15) is 31.1 Å². The summed E-state index contributed by atoms with van der Waals surface area (Å²) in [6.07, 6.45) is -5.74. The van der Waals surface area contributed by atoms with Gasteiger partial charge >= 0.3 is 24.3 Å². The first-order valence-electron chi connectivity index (χ1n) is 12.8. The second-order valence-electron chi connectivity index (χ2n) is 9.88. The van der Waals surface area contributed by atoms with Gasteiger partial charge in [0.05, 0.1) is 5.56 Å². The van der Waals surface area contributed by atoms with Crippen molar-refractivity contribution >= 4 is 23.7 Å². The molecule has 1 aromatic heterocycles. The molecule has 232 valence electrons. The molecule has 1 saturated carbocycles. The van der Waals surface area contributed by atoms with Crippen LogP contribution in [0.3, 0.4) is 0 Å². The van der Waals surface area contributed by atoms with E-state index in [0.29, 0.717) is 5.56 Å². The number of carboxylic acid groups (broad SMARTS) is 2. The molecule has 42 heavy (non-hydrogen) atoms. The van der Waals surface area contributed by atoms with Gasteiger partial charge in [-0.25, -0.2) is 14.6 Å². The number of anilines is 1.